The maximum absolute atomic E-state index is 9.37. The summed E-state index contributed by atoms with van der Waals surface area (Å²) in [6, 6.07) is 12.8. The van der Waals surface area contributed by atoms with Gasteiger partial charge in [-0.1, -0.05) is 30.3 Å². The summed E-state index contributed by atoms with van der Waals surface area (Å²) in [6.07, 6.45) is -0.745. The Morgan fingerprint density at radius 1 is 1.40 bits per heavy atom. The van der Waals surface area contributed by atoms with Crippen molar-refractivity contribution in [3.05, 3.63) is 42.0 Å². The Hall–Kier alpha value is -1.94. The topological polar surface area (TPSA) is 64.3 Å². The zero-order chi connectivity index (χ0) is 14.5. The summed E-state index contributed by atoms with van der Waals surface area (Å²) in [5.74, 6) is 1.14. The molecule has 0 radical (unpaired) electrons. The maximum Gasteiger partial charge on any atom is 0.404 e. The van der Waals surface area contributed by atoms with Gasteiger partial charge >= 0.3 is 6.09 Å². The Morgan fingerprint density at radius 3 is 2.75 bits per heavy atom. The van der Waals surface area contributed by atoms with Crippen LogP contribution in [0.15, 0.2) is 36.4 Å². The Balaban J connectivity index is 0.000000257. The van der Waals surface area contributed by atoms with E-state index in [0.717, 1.165) is 6.54 Å². The van der Waals surface area contributed by atoms with Crippen LogP contribution >= 0.6 is 11.6 Å². The molecule has 106 valence electrons. The second-order valence-electron chi connectivity index (χ2n) is 4.50. The lowest BCUT2D eigenvalue weighted by molar-refractivity contribution is 0.182. The van der Waals surface area contributed by atoms with Gasteiger partial charge in [0.2, 0.25) is 0 Å². The summed E-state index contributed by atoms with van der Waals surface area (Å²) < 4.78 is 3.89. The molecule has 0 aliphatic carbocycles. The standard InChI is InChI=1S/C13H12ClN.C2H5NO2/c14-7-10-8-15-12-6-5-9-3-1-2-4-11(9)13(10)12;1-5-2(3)4/h1-6,10,15H,7-8H2;1H3,(H2,3,4)/t10-;/m1./s1. The van der Waals surface area contributed by atoms with E-state index in [4.69, 9.17) is 11.6 Å². The molecule has 0 aromatic heterocycles. The van der Waals surface area contributed by atoms with Crippen LogP contribution in [0, 0.1) is 0 Å². The summed E-state index contributed by atoms with van der Waals surface area (Å²) in [5.41, 5.74) is 7.07. The third-order valence-electron chi connectivity index (χ3n) is 3.31. The van der Waals surface area contributed by atoms with Crippen molar-refractivity contribution in [2.75, 3.05) is 24.9 Å². The van der Waals surface area contributed by atoms with E-state index in [-0.39, 0.29) is 0 Å². The number of carbonyl (C=O) groups is 1. The van der Waals surface area contributed by atoms with E-state index in [1.54, 1.807) is 0 Å². The number of halogens is 1. The number of hydrogen-bond acceptors (Lipinski definition) is 3. The van der Waals surface area contributed by atoms with Gasteiger partial charge in [0, 0.05) is 24.0 Å². The molecule has 5 heteroatoms. The highest BCUT2D eigenvalue weighted by Gasteiger charge is 2.23. The Morgan fingerprint density at radius 2 is 2.10 bits per heavy atom. The predicted octanol–water partition coefficient (Wildman–Crippen LogP) is 3.30. The summed E-state index contributed by atoms with van der Waals surface area (Å²) in [5, 5.41) is 6.05. The normalized spacial score (nSPS) is 15.8. The van der Waals surface area contributed by atoms with Crippen molar-refractivity contribution in [2.24, 2.45) is 5.73 Å². The molecule has 0 spiro atoms. The molecule has 1 amide bonds. The maximum atomic E-state index is 9.37. The number of benzene rings is 2. The van der Waals surface area contributed by atoms with Gasteiger partial charge in [0.1, 0.15) is 0 Å². The highest BCUT2D eigenvalue weighted by Crippen LogP contribution is 2.37. The van der Waals surface area contributed by atoms with Gasteiger partial charge in [0.05, 0.1) is 7.11 Å². The average molecular weight is 293 g/mol. The number of alkyl halides is 1. The number of nitrogens with one attached hydrogen (secondary N) is 1. The van der Waals surface area contributed by atoms with Gasteiger partial charge in [-0.2, -0.15) is 0 Å². The molecule has 1 heterocycles. The van der Waals surface area contributed by atoms with Crippen LogP contribution in [0.3, 0.4) is 0 Å². The minimum Gasteiger partial charge on any atom is -0.453 e. The predicted molar refractivity (Wildman–Crippen MR) is 82.5 cm³/mol. The van der Waals surface area contributed by atoms with Crippen LogP contribution in [0.4, 0.5) is 10.5 Å². The van der Waals surface area contributed by atoms with Gasteiger partial charge in [0.15, 0.2) is 0 Å². The van der Waals surface area contributed by atoms with E-state index in [1.165, 1.54) is 29.1 Å². The van der Waals surface area contributed by atoms with E-state index < -0.39 is 6.09 Å². The van der Waals surface area contributed by atoms with Crippen LogP contribution in [0.25, 0.3) is 10.8 Å². The molecule has 0 bridgehead atoms. The number of amides is 1. The number of hydrogen-bond donors (Lipinski definition) is 2. The molecule has 1 aliphatic rings. The highest BCUT2D eigenvalue weighted by molar-refractivity contribution is 6.18. The number of ether oxygens (including phenoxy) is 1. The summed E-state index contributed by atoms with van der Waals surface area (Å²) in [4.78, 5) is 9.37. The average Bonchev–Trinajstić information content (AvgIpc) is 2.91. The molecule has 0 saturated carbocycles. The van der Waals surface area contributed by atoms with Gasteiger partial charge in [-0.05, 0) is 22.4 Å². The van der Waals surface area contributed by atoms with E-state index in [9.17, 15) is 4.79 Å². The monoisotopic (exact) mass is 292 g/mol. The van der Waals surface area contributed by atoms with Crippen molar-refractivity contribution < 1.29 is 9.53 Å². The number of nitrogens with two attached hydrogens (primary N) is 1. The quantitative estimate of drug-likeness (QED) is 0.793. The molecule has 0 fully saturated rings. The molecule has 2 aromatic rings. The molecule has 20 heavy (non-hydrogen) atoms. The Labute approximate surface area is 122 Å². The lowest BCUT2D eigenvalue weighted by atomic mass is 9.96. The lowest BCUT2D eigenvalue weighted by Crippen LogP contribution is -2.08. The molecule has 3 rings (SSSR count). The fourth-order valence-corrected chi connectivity index (χ4v) is 2.62. The van der Waals surface area contributed by atoms with Gasteiger partial charge in [-0.3, -0.25) is 0 Å². The van der Waals surface area contributed by atoms with Crippen molar-refractivity contribution in [1.29, 1.82) is 0 Å². The summed E-state index contributed by atoms with van der Waals surface area (Å²) >= 11 is 6.00. The second kappa shape index (κ2) is 6.48. The number of rotatable bonds is 1. The molecule has 3 N–H and O–H groups in total. The largest absolute Gasteiger partial charge is 0.453 e. The summed E-state index contributed by atoms with van der Waals surface area (Å²) in [6.45, 7) is 0.965. The number of anilines is 1. The minimum atomic E-state index is -0.745. The smallest absolute Gasteiger partial charge is 0.404 e. The molecular formula is C15H17ClN2O2. The number of primary amides is 1. The number of carbonyl (C=O) groups excluding carboxylic acids is 1. The van der Waals surface area contributed by atoms with Crippen molar-refractivity contribution >= 4 is 34.2 Å². The zero-order valence-electron chi connectivity index (χ0n) is 11.2. The van der Waals surface area contributed by atoms with Gasteiger partial charge in [-0.25, -0.2) is 4.79 Å². The first-order chi connectivity index (χ1) is 9.67. The molecule has 1 atom stereocenters. The van der Waals surface area contributed by atoms with Crippen molar-refractivity contribution in [1.82, 2.24) is 0 Å². The second-order valence-corrected chi connectivity index (χ2v) is 4.81. The van der Waals surface area contributed by atoms with E-state index >= 15 is 0 Å². The Kier molecular flexibility index (Phi) is 4.69. The van der Waals surface area contributed by atoms with Gasteiger partial charge in [-0.15, -0.1) is 11.6 Å². The first-order valence-corrected chi connectivity index (χ1v) is 6.85. The van der Waals surface area contributed by atoms with Gasteiger partial charge < -0.3 is 15.8 Å². The summed E-state index contributed by atoms with van der Waals surface area (Å²) in [7, 11) is 1.22. The fourth-order valence-electron chi connectivity index (χ4n) is 2.36. The molecule has 0 unspecified atom stereocenters. The van der Waals surface area contributed by atoms with E-state index in [2.05, 4.69) is 52.2 Å². The van der Waals surface area contributed by atoms with Crippen LogP contribution in [-0.4, -0.2) is 25.6 Å². The van der Waals surface area contributed by atoms with Crippen molar-refractivity contribution in [3.8, 4) is 0 Å². The highest BCUT2D eigenvalue weighted by atomic mass is 35.5. The molecule has 4 nitrogen and oxygen atoms in total. The van der Waals surface area contributed by atoms with E-state index in [1.807, 2.05) is 0 Å². The fraction of sp³-hybridized carbons (Fsp3) is 0.267. The van der Waals surface area contributed by atoms with E-state index in [0.29, 0.717) is 11.8 Å². The first-order valence-electron chi connectivity index (χ1n) is 6.32. The molecule has 1 aliphatic heterocycles. The SMILES string of the molecule is COC(N)=O.ClC[C@@H]1CNc2ccc3ccccc3c21. The Bertz CT molecular complexity index is 616. The number of fused-ring (bicyclic) bond motifs is 3. The molecular weight excluding hydrogens is 276 g/mol. The van der Waals surface area contributed by atoms with Crippen LogP contribution in [0.2, 0.25) is 0 Å². The third-order valence-corrected chi connectivity index (χ3v) is 3.68. The first kappa shape index (κ1) is 14.5. The third kappa shape index (κ3) is 2.96. The molecule has 2 aromatic carbocycles. The van der Waals surface area contributed by atoms with Crippen molar-refractivity contribution in [2.45, 2.75) is 5.92 Å². The van der Waals surface area contributed by atoms with Crippen LogP contribution < -0.4 is 11.1 Å². The van der Waals surface area contributed by atoms with Gasteiger partial charge in [0.25, 0.3) is 0 Å². The van der Waals surface area contributed by atoms with Crippen molar-refractivity contribution in [3.63, 3.8) is 0 Å². The van der Waals surface area contributed by atoms with Crippen LogP contribution in [0.1, 0.15) is 11.5 Å². The lowest BCUT2D eigenvalue weighted by Gasteiger charge is -2.09. The number of methoxy groups -OCH3 is 1. The van der Waals surface area contributed by atoms with Crippen LogP contribution in [-0.2, 0) is 4.74 Å². The van der Waals surface area contributed by atoms with Crippen LogP contribution in [0.5, 0.6) is 0 Å². The molecule has 0 saturated heterocycles. The minimum absolute atomic E-state index is 0.452. The zero-order valence-corrected chi connectivity index (χ0v) is 12.0.